The lowest BCUT2D eigenvalue weighted by Gasteiger charge is -2.26. The Hall–Kier alpha value is -1.47. The first-order valence-corrected chi connectivity index (χ1v) is 7.50. The Bertz CT molecular complexity index is 492. The van der Waals surface area contributed by atoms with Crippen molar-refractivity contribution in [2.24, 2.45) is 0 Å². The fourth-order valence-corrected chi connectivity index (χ4v) is 3.45. The minimum atomic E-state index is -0.716. The molecule has 0 aliphatic carbocycles. The van der Waals surface area contributed by atoms with Crippen molar-refractivity contribution in [3.63, 3.8) is 0 Å². The summed E-state index contributed by atoms with van der Waals surface area (Å²) in [4.78, 5) is 13.5. The molecular formula is C15H18N2OS. The third-order valence-corrected chi connectivity index (χ3v) is 5.04. The SMILES string of the molecule is CCC(C#N)(CC)NC(=O)C1Cc2ccccc2S1. The Balaban J connectivity index is 2.06. The molecule has 1 heterocycles. The Morgan fingerprint density at radius 2 is 2.16 bits per heavy atom. The number of rotatable bonds is 4. The van der Waals surface area contributed by atoms with E-state index in [1.54, 1.807) is 11.8 Å². The van der Waals surface area contributed by atoms with Gasteiger partial charge in [0.15, 0.2) is 0 Å². The molecule has 4 heteroatoms. The molecule has 2 rings (SSSR count). The lowest BCUT2D eigenvalue weighted by Crippen LogP contribution is -2.49. The number of thioether (sulfide) groups is 1. The van der Waals surface area contributed by atoms with E-state index in [1.807, 2.05) is 32.0 Å². The maximum atomic E-state index is 12.3. The number of amides is 1. The van der Waals surface area contributed by atoms with E-state index in [4.69, 9.17) is 0 Å². The summed E-state index contributed by atoms with van der Waals surface area (Å²) in [7, 11) is 0. The summed E-state index contributed by atoms with van der Waals surface area (Å²) in [5.74, 6) is -0.0218. The monoisotopic (exact) mass is 274 g/mol. The van der Waals surface area contributed by atoms with E-state index < -0.39 is 5.54 Å². The molecule has 1 N–H and O–H groups in total. The number of benzene rings is 1. The maximum Gasteiger partial charge on any atom is 0.235 e. The standard InChI is InChI=1S/C15H18N2OS/c1-3-15(4-2,10-16)17-14(18)13-9-11-7-5-6-8-12(11)19-13/h5-8,13H,3-4,9H2,1-2H3,(H,17,18). The normalized spacial score (nSPS) is 17.6. The summed E-state index contributed by atoms with van der Waals surface area (Å²) in [6.45, 7) is 3.87. The van der Waals surface area contributed by atoms with Gasteiger partial charge in [-0.25, -0.2) is 0 Å². The van der Waals surface area contributed by atoms with E-state index in [2.05, 4.69) is 17.5 Å². The zero-order valence-electron chi connectivity index (χ0n) is 11.3. The van der Waals surface area contributed by atoms with Crippen molar-refractivity contribution in [2.45, 2.75) is 48.8 Å². The van der Waals surface area contributed by atoms with Crippen LogP contribution in [0.3, 0.4) is 0 Å². The highest BCUT2D eigenvalue weighted by atomic mass is 32.2. The molecule has 1 aliphatic rings. The zero-order valence-corrected chi connectivity index (χ0v) is 12.1. The highest BCUT2D eigenvalue weighted by Gasteiger charge is 2.34. The second-order valence-corrected chi connectivity index (χ2v) is 6.05. The second kappa shape index (κ2) is 5.66. The van der Waals surface area contributed by atoms with Gasteiger partial charge < -0.3 is 5.32 Å². The van der Waals surface area contributed by atoms with Gasteiger partial charge in [0.1, 0.15) is 5.54 Å². The van der Waals surface area contributed by atoms with Crippen LogP contribution in [-0.4, -0.2) is 16.7 Å². The predicted octanol–water partition coefficient (Wildman–Crippen LogP) is 2.90. The molecule has 0 bridgehead atoms. The molecule has 0 spiro atoms. The lowest BCUT2D eigenvalue weighted by molar-refractivity contribution is -0.121. The highest BCUT2D eigenvalue weighted by Crippen LogP contribution is 2.37. The Morgan fingerprint density at radius 1 is 1.47 bits per heavy atom. The van der Waals surface area contributed by atoms with Gasteiger partial charge >= 0.3 is 0 Å². The number of nitrogens with one attached hydrogen (secondary N) is 1. The van der Waals surface area contributed by atoms with E-state index in [0.717, 1.165) is 6.42 Å². The molecule has 1 aromatic carbocycles. The van der Waals surface area contributed by atoms with E-state index in [9.17, 15) is 10.1 Å². The van der Waals surface area contributed by atoms with Crippen molar-refractivity contribution < 1.29 is 4.79 Å². The van der Waals surface area contributed by atoms with Crippen LogP contribution < -0.4 is 5.32 Å². The van der Waals surface area contributed by atoms with Crippen molar-refractivity contribution >= 4 is 17.7 Å². The molecule has 0 aromatic heterocycles. The molecule has 0 fully saturated rings. The molecule has 100 valence electrons. The van der Waals surface area contributed by atoms with Gasteiger partial charge in [0.2, 0.25) is 5.91 Å². The van der Waals surface area contributed by atoms with Crippen LogP contribution in [0.4, 0.5) is 0 Å². The third kappa shape index (κ3) is 2.76. The fourth-order valence-electron chi connectivity index (χ4n) is 2.26. The van der Waals surface area contributed by atoms with E-state index in [0.29, 0.717) is 12.8 Å². The van der Waals surface area contributed by atoms with Crippen molar-refractivity contribution in [1.29, 1.82) is 5.26 Å². The molecule has 1 unspecified atom stereocenters. The fraction of sp³-hybridized carbons (Fsp3) is 0.467. The molecular weight excluding hydrogens is 256 g/mol. The van der Waals surface area contributed by atoms with Gasteiger partial charge in [-0.15, -0.1) is 11.8 Å². The molecule has 1 amide bonds. The molecule has 3 nitrogen and oxygen atoms in total. The molecule has 0 radical (unpaired) electrons. The number of nitriles is 1. The van der Waals surface area contributed by atoms with E-state index in [1.165, 1.54) is 10.5 Å². The van der Waals surface area contributed by atoms with Gasteiger partial charge in [0, 0.05) is 4.90 Å². The van der Waals surface area contributed by atoms with Crippen molar-refractivity contribution in [3.8, 4) is 6.07 Å². The summed E-state index contributed by atoms with van der Waals surface area (Å²) in [5.41, 5.74) is 0.509. The number of hydrogen-bond acceptors (Lipinski definition) is 3. The largest absolute Gasteiger partial charge is 0.337 e. The van der Waals surface area contributed by atoms with Gasteiger partial charge in [-0.3, -0.25) is 4.79 Å². The maximum absolute atomic E-state index is 12.3. The van der Waals surface area contributed by atoms with E-state index >= 15 is 0 Å². The molecule has 19 heavy (non-hydrogen) atoms. The number of nitrogens with zero attached hydrogens (tertiary/aromatic N) is 1. The Morgan fingerprint density at radius 3 is 2.74 bits per heavy atom. The average molecular weight is 274 g/mol. The van der Waals surface area contributed by atoms with Crippen LogP contribution in [0.15, 0.2) is 29.2 Å². The summed E-state index contributed by atoms with van der Waals surface area (Å²) < 4.78 is 0. The van der Waals surface area contributed by atoms with Gasteiger partial charge in [-0.2, -0.15) is 5.26 Å². The minimum Gasteiger partial charge on any atom is -0.337 e. The number of carbonyl (C=O) groups excluding carboxylic acids is 1. The number of hydrogen-bond donors (Lipinski definition) is 1. The van der Waals surface area contributed by atoms with Crippen molar-refractivity contribution in [2.75, 3.05) is 0 Å². The van der Waals surface area contributed by atoms with E-state index in [-0.39, 0.29) is 11.2 Å². The summed E-state index contributed by atoms with van der Waals surface area (Å²) >= 11 is 1.59. The predicted molar refractivity (Wildman–Crippen MR) is 76.9 cm³/mol. The van der Waals surface area contributed by atoms with Crippen molar-refractivity contribution in [1.82, 2.24) is 5.32 Å². The van der Waals surface area contributed by atoms with Crippen LogP contribution in [0.5, 0.6) is 0 Å². The molecule has 1 atom stereocenters. The van der Waals surface area contributed by atoms with Gasteiger partial charge in [0.25, 0.3) is 0 Å². The highest BCUT2D eigenvalue weighted by molar-refractivity contribution is 8.01. The summed E-state index contributed by atoms with van der Waals surface area (Å²) in [5, 5.41) is 12.1. The van der Waals surface area contributed by atoms with Crippen LogP contribution in [0.25, 0.3) is 0 Å². The summed E-state index contributed by atoms with van der Waals surface area (Å²) in [6.07, 6.45) is 2.02. The Labute approximate surface area is 118 Å². The van der Waals surface area contributed by atoms with Crippen LogP contribution >= 0.6 is 11.8 Å². The molecule has 0 saturated heterocycles. The molecule has 1 aromatic rings. The summed E-state index contributed by atoms with van der Waals surface area (Å²) in [6, 6.07) is 10.3. The average Bonchev–Trinajstić information content (AvgIpc) is 2.89. The first kappa shape index (κ1) is 14.0. The van der Waals surface area contributed by atoms with Crippen molar-refractivity contribution in [3.05, 3.63) is 29.8 Å². The number of fused-ring (bicyclic) bond motifs is 1. The topological polar surface area (TPSA) is 52.9 Å². The quantitative estimate of drug-likeness (QED) is 0.918. The first-order chi connectivity index (χ1) is 9.14. The molecule has 0 saturated carbocycles. The lowest BCUT2D eigenvalue weighted by atomic mass is 9.94. The van der Waals surface area contributed by atoms with Gasteiger partial charge in [0.05, 0.1) is 11.3 Å². The first-order valence-electron chi connectivity index (χ1n) is 6.62. The Kier molecular flexibility index (Phi) is 4.16. The zero-order chi connectivity index (χ0) is 13.9. The van der Waals surface area contributed by atoms with Gasteiger partial charge in [-0.05, 0) is 30.9 Å². The third-order valence-electron chi connectivity index (χ3n) is 3.72. The van der Waals surface area contributed by atoms with Gasteiger partial charge in [-0.1, -0.05) is 32.0 Å². The van der Waals surface area contributed by atoms with Crippen LogP contribution in [0.1, 0.15) is 32.3 Å². The van der Waals surface area contributed by atoms with Crippen LogP contribution in [0, 0.1) is 11.3 Å². The smallest absolute Gasteiger partial charge is 0.235 e. The second-order valence-electron chi connectivity index (χ2n) is 4.81. The van der Waals surface area contributed by atoms with Crippen LogP contribution in [0.2, 0.25) is 0 Å². The minimum absolute atomic E-state index is 0.0218. The van der Waals surface area contributed by atoms with Crippen LogP contribution in [-0.2, 0) is 11.2 Å². The number of carbonyl (C=O) groups is 1. The molecule has 1 aliphatic heterocycles.